The van der Waals surface area contributed by atoms with E-state index in [4.69, 9.17) is 5.11 Å². The van der Waals surface area contributed by atoms with Gasteiger partial charge in [0.05, 0.1) is 6.04 Å². The van der Waals surface area contributed by atoms with E-state index in [0.29, 0.717) is 0 Å². The van der Waals surface area contributed by atoms with Gasteiger partial charge in [0.2, 0.25) is 0 Å². The molecule has 0 saturated heterocycles. The molecule has 2 N–H and O–H groups in total. The number of fused-ring (bicyclic) bond motifs is 1. The average Bonchev–Trinajstić information content (AvgIpc) is 2.84. The summed E-state index contributed by atoms with van der Waals surface area (Å²) in [5, 5.41) is 16.0. The predicted octanol–water partition coefficient (Wildman–Crippen LogP) is 2.14. The van der Waals surface area contributed by atoms with Crippen molar-refractivity contribution in [2.24, 2.45) is 7.05 Å². The Morgan fingerprint density at radius 1 is 1.43 bits per heavy atom. The molecule has 0 bridgehead atoms. The van der Waals surface area contributed by atoms with Gasteiger partial charge < -0.3 is 15.3 Å². The van der Waals surface area contributed by atoms with E-state index < -0.39 is 6.09 Å². The maximum absolute atomic E-state index is 10.9. The van der Waals surface area contributed by atoms with Crippen LogP contribution in [0.1, 0.15) is 23.6 Å². The molecule has 21 heavy (non-hydrogen) atoms. The van der Waals surface area contributed by atoms with Crippen LogP contribution in [-0.2, 0) is 13.6 Å². The van der Waals surface area contributed by atoms with Gasteiger partial charge in [-0.1, -0.05) is 30.3 Å². The molecule has 0 saturated carbocycles. The molecule has 3 rings (SSSR count). The molecule has 110 valence electrons. The molecule has 0 spiro atoms. The number of benzene rings is 1. The molecule has 1 aliphatic heterocycles. The van der Waals surface area contributed by atoms with Crippen LogP contribution in [0.4, 0.5) is 10.6 Å². The van der Waals surface area contributed by atoms with Crippen LogP contribution in [0.15, 0.2) is 36.5 Å². The molecule has 0 fully saturated rings. The minimum atomic E-state index is -0.994. The number of nitrogens with one attached hydrogen (secondary N) is 1. The Kier molecular flexibility index (Phi) is 3.51. The fourth-order valence-corrected chi connectivity index (χ4v) is 2.79. The Balaban J connectivity index is 1.85. The van der Waals surface area contributed by atoms with Gasteiger partial charge in [-0.05, 0) is 12.0 Å². The first kappa shape index (κ1) is 13.5. The first-order chi connectivity index (χ1) is 10.1. The highest BCUT2D eigenvalue weighted by molar-refractivity contribution is 5.66. The largest absolute Gasteiger partial charge is 0.465 e. The zero-order valence-corrected chi connectivity index (χ0v) is 11.9. The van der Waals surface area contributed by atoms with Crippen molar-refractivity contribution in [3.8, 4) is 0 Å². The second kappa shape index (κ2) is 5.47. The highest BCUT2D eigenvalue weighted by atomic mass is 16.4. The number of hydrogen-bond donors (Lipinski definition) is 2. The number of aryl methyl sites for hydroxylation is 1. The lowest BCUT2D eigenvalue weighted by Crippen LogP contribution is -2.37. The topological polar surface area (TPSA) is 70.4 Å². The Morgan fingerprint density at radius 2 is 2.19 bits per heavy atom. The molecule has 1 unspecified atom stereocenters. The summed E-state index contributed by atoms with van der Waals surface area (Å²) in [6, 6.07) is 10.0. The van der Waals surface area contributed by atoms with Crippen LogP contribution < -0.4 is 10.2 Å². The van der Waals surface area contributed by atoms with Crippen LogP contribution in [0.25, 0.3) is 0 Å². The van der Waals surface area contributed by atoms with Crippen molar-refractivity contribution in [3.05, 3.63) is 47.7 Å². The SMILES string of the molecule is Cn1cc2c(n1)N(Cc1ccccc1)CCC2NC(=O)O. The molecule has 1 amide bonds. The molecule has 0 aliphatic carbocycles. The summed E-state index contributed by atoms with van der Waals surface area (Å²) in [7, 11) is 1.86. The Labute approximate surface area is 123 Å². The Bertz CT molecular complexity index is 638. The minimum Gasteiger partial charge on any atom is -0.465 e. The van der Waals surface area contributed by atoms with Crippen LogP contribution in [0, 0.1) is 0 Å². The molecular weight excluding hydrogens is 268 g/mol. The summed E-state index contributed by atoms with van der Waals surface area (Å²) >= 11 is 0. The van der Waals surface area contributed by atoms with E-state index in [1.807, 2.05) is 31.4 Å². The Morgan fingerprint density at radius 3 is 2.90 bits per heavy atom. The fraction of sp³-hybridized carbons (Fsp3) is 0.333. The maximum Gasteiger partial charge on any atom is 0.405 e. The van der Waals surface area contributed by atoms with Crippen LogP contribution >= 0.6 is 0 Å². The number of nitrogens with zero attached hydrogens (tertiary/aromatic N) is 3. The number of rotatable bonds is 3. The van der Waals surface area contributed by atoms with E-state index in [1.165, 1.54) is 5.56 Å². The molecular formula is C15H18N4O2. The summed E-state index contributed by atoms with van der Waals surface area (Å²) in [6.45, 7) is 1.56. The van der Waals surface area contributed by atoms with Crippen molar-refractivity contribution in [2.75, 3.05) is 11.4 Å². The lowest BCUT2D eigenvalue weighted by Gasteiger charge is -2.32. The zero-order valence-electron chi connectivity index (χ0n) is 11.9. The van der Waals surface area contributed by atoms with Gasteiger partial charge in [-0.2, -0.15) is 5.10 Å². The summed E-state index contributed by atoms with van der Waals surface area (Å²) in [5.74, 6) is 0.867. The molecule has 1 atom stereocenters. The molecule has 6 heteroatoms. The van der Waals surface area contributed by atoms with Crippen LogP contribution in [0.3, 0.4) is 0 Å². The molecule has 2 aromatic rings. The number of hydrogen-bond acceptors (Lipinski definition) is 3. The van der Waals surface area contributed by atoms with E-state index in [9.17, 15) is 4.79 Å². The van der Waals surface area contributed by atoms with Gasteiger partial charge in [0, 0.05) is 31.9 Å². The smallest absolute Gasteiger partial charge is 0.405 e. The summed E-state index contributed by atoms with van der Waals surface area (Å²) in [6.07, 6.45) is 1.65. The third kappa shape index (κ3) is 2.84. The first-order valence-electron chi connectivity index (χ1n) is 6.95. The highest BCUT2D eigenvalue weighted by Crippen LogP contribution is 2.33. The van der Waals surface area contributed by atoms with Crippen molar-refractivity contribution >= 4 is 11.9 Å². The Hall–Kier alpha value is -2.50. The van der Waals surface area contributed by atoms with Gasteiger partial charge in [0.1, 0.15) is 0 Å². The fourth-order valence-electron chi connectivity index (χ4n) is 2.79. The zero-order chi connectivity index (χ0) is 14.8. The molecule has 6 nitrogen and oxygen atoms in total. The number of carboxylic acid groups (broad SMARTS) is 1. The summed E-state index contributed by atoms with van der Waals surface area (Å²) in [5.41, 5.74) is 2.17. The standard InChI is InChI=1S/C15H18N4O2/c1-18-10-12-13(16-15(20)21)7-8-19(14(12)17-18)9-11-5-3-2-4-6-11/h2-6,10,13,16H,7-9H2,1H3,(H,20,21). The lowest BCUT2D eigenvalue weighted by atomic mass is 10.0. The highest BCUT2D eigenvalue weighted by Gasteiger charge is 2.29. The molecule has 1 aliphatic rings. The predicted molar refractivity (Wildman–Crippen MR) is 79.2 cm³/mol. The van der Waals surface area contributed by atoms with Gasteiger partial charge in [0.15, 0.2) is 5.82 Å². The van der Waals surface area contributed by atoms with E-state index in [0.717, 1.165) is 30.9 Å². The average molecular weight is 286 g/mol. The van der Waals surface area contributed by atoms with Gasteiger partial charge in [-0.3, -0.25) is 4.68 Å². The monoisotopic (exact) mass is 286 g/mol. The molecule has 2 heterocycles. The normalized spacial score (nSPS) is 17.4. The van der Waals surface area contributed by atoms with Crippen molar-refractivity contribution in [2.45, 2.75) is 19.0 Å². The third-order valence-corrected chi connectivity index (χ3v) is 3.71. The van der Waals surface area contributed by atoms with E-state index in [1.54, 1.807) is 4.68 Å². The summed E-state index contributed by atoms with van der Waals surface area (Å²) < 4.78 is 1.74. The third-order valence-electron chi connectivity index (χ3n) is 3.71. The van der Waals surface area contributed by atoms with E-state index in [2.05, 4.69) is 27.4 Å². The van der Waals surface area contributed by atoms with Crippen molar-refractivity contribution in [1.29, 1.82) is 0 Å². The second-order valence-electron chi connectivity index (χ2n) is 5.28. The second-order valence-corrected chi connectivity index (χ2v) is 5.28. The van der Waals surface area contributed by atoms with Crippen molar-refractivity contribution in [3.63, 3.8) is 0 Å². The van der Waals surface area contributed by atoms with Crippen LogP contribution in [-0.4, -0.2) is 27.5 Å². The van der Waals surface area contributed by atoms with E-state index in [-0.39, 0.29) is 6.04 Å². The summed E-state index contributed by atoms with van der Waals surface area (Å²) in [4.78, 5) is 13.1. The van der Waals surface area contributed by atoms with Gasteiger partial charge in [0.25, 0.3) is 0 Å². The van der Waals surface area contributed by atoms with Crippen LogP contribution in [0.2, 0.25) is 0 Å². The van der Waals surface area contributed by atoms with Crippen molar-refractivity contribution in [1.82, 2.24) is 15.1 Å². The quantitative estimate of drug-likeness (QED) is 0.907. The van der Waals surface area contributed by atoms with Gasteiger partial charge >= 0.3 is 6.09 Å². The number of aromatic nitrogens is 2. The number of amides is 1. The number of carbonyl (C=O) groups is 1. The van der Waals surface area contributed by atoms with Crippen molar-refractivity contribution < 1.29 is 9.90 Å². The first-order valence-corrected chi connectivity index (χ1v) is 6.95. The minimum absolute atomic E-state index is 0.182. The number of anilines is 1. The molecule has 1 aromatic heterocycles. The van der Waals surface area contributed by atoms with Gasteiger partial charge in [-0.25, -0.2) is 4.79 Å². The van der Waals surface area contributed by atoms with Crippen LogP contribution in [0.5, 0.6) is 0 Å². The van der Waals surface area contributed by atoms with Gasteiger partial charge in [-0.15, -0.1) is 0 Å². The molecule has 1 aromatic carbocycles. The van der Waals surface area contributed by atoms with E-state index >= 15 is 0 Å². The maximum atomic E-state index is 10.9. The lowest BCUT2D eigenvalue weighted by molar-refractivity contribution is 0.189. The molecule has 0 radical (unpaired) electrons.